The number of amides is 2. The van der Waals surface area contributed by atoms with Crippen LogP contribution in [0.25, 0.3) is 11.3 Å². The van der Waals surface area contributed by atoms with Crippen LogP contribution in [0.2, 0.25) is 0 Å². The lowest BCUT2D eigenvalue weighted by Gasteiger charge is -2.11. The number of aromatic nitrogens is 1. The maximum absolute atomic E-state index is 13.0. The zero-order chi connectivity index (χ0) is 19.9. The van der Waals surface area contributed by atoms with E-state index in [1.165, 1.54) is 0 Å². The molecule has 0 radical (unpaired) electrons. The summed E-state index contributed by atoms with van der Waals surface area (Å²) < 4.78 is 10.2. The molecule has 2 amide bonds. The lowest BCUT2D eigenvalue weighted by atomic mass is 10.1. The number of carbonyl (C=O) groups is 2. The summed E-state index contributed by atoms with van der Waals surface area (Å²) in [6, 6.07) is 16.1. The fourth-order valence-corrected chi connectivity index (χ4v) is 2.77. The zero-order valence-electron chi connectivity index (χ0n) is 15.7. The van der Waals surface area contributed by atoms with Crippen molar-refractivity contribution >= 4 is 17.5 Å². The number of ether oxygens (including phenoxy) is 1. The van der Waals surface area contributed by atoms with E-state index < -0.39 is 5.91 Å². The minimum absolute atomic E-state index is 0.293. The second-order valence-electron chi connectivity index (χ2n) is 6.08. The van der Waals surface area contributed by atoms with Gasteiger partial charge in [-0.15, -0.1) is 0 Å². The molecule has 2 aromatic carbocycles. The molecule has 0 saturated heterocycles. The number of hydrogen-bond acceptors (Lipinski definition) is 5. The van der Waals surface area contributed by atoms with Gasteiger partial charge in [0.2, 0.25) is 0 Å². The summed E-state index contributed by atoms with van der Waals surface area (Å²) in [7, 11) is 1.56. The molecule has 7 nitrogen and oxygen atoms in total. The number of nitrogens with one attached hydrogen (secondary N) is 2. The number of hydrogen-bond donors (Lipinski definition) is 2. The minimum atomic E-state index is -0.394. The topological polar surface area (TPSA) is 93.5 Å². The average Bonchev–Trinajstić information content (AvgIpc) is 3.10. The smallest absolute Gasteiger partial charge is 0.261 e. The van der Waals surface area contributed by atoms with E-state index in [1.807, 2.05) is 30.3 Å². The highest BCUT2D eigenvalue weighted by Gasteiger charge is 2.23. The molecule has 0 aliphatic carbocycles. The molecular weight excluding hydrogens is 358 g/mol. The van der Waals surface area contributed by atoms with Crippen molar-refractivity contribution < 1.29 is 18.8 Å². The second kappa shape index (κ2) is 8.96. The number of anilines is 1. The summed E-state index contributed by atoms with van der Waals surface area (Å²) in [6.45, 7) is 2.46. The van der Waals surface area contributed by atoms with Gasteiger partial charge in [0.1, 0.15) is 17.0 Å². The highest BCUT2D eigenvalue weighted by molar-refractivity contribution is 6.11. The summed E-state index contributed by atoms with van der Waals surface area (Å²) >= 11 is 0. The molecule has 3 rings (SSSR count). The number of rotatable bonds is 7. The third-order valence-corrected chi connectivity index (χ3v) is 4.15. The van der Waals surface area contributed by atoms with Gasteiger partial charge in [-0.05, 0) is 19.1 Å². The van der Waals surface area contributed by atoms with Crippen molar-refractivity contribution in [3.63, 3.8) is 0 Å². The van der Waals surface area contributed by atoms with Crippen LogP contribution in [0.5, 0.6) is 0 Å². The Balaban J connectivity index is 1.85. The molecule has 0 atom stereocenters. The number of benzene rings is 2. The van der Waals surface area contributed by atoms with Gasteiger partial charge in [-0.25, -0.2) is 0 Å². The fourth-order valence-electron chi connectivity index (χ4n) is 2.77. The van der Waals surface area contributed by atoms with Crippen molar-refractivity contribution in [2.45, 2.75) is 6.92 Å². The number of aryl methyl sites for hydroxylation is 1. The van der Waals surface area contributed by atoms with Crippen molar-refractivity contribution in [3.05, 3.63) is 71.5 Å². The molecule has 0 aliphatic heterocycles. The number of para-hydroxylation sites is 1. The Hall–Kier alpha value is -3.45. The lowest BCUT2D eigenvalue weighted by molar-refractivity contribution is 0.0938. The van der Waals surface area contributed by atoms with Crippen molar-refractivity contribution in [1.82, 2.24) is 10.5 Å². The van der Waals surface area contributed by atoms with Gasteiger partial charge in [0.25, 0.3) is 11.8 Å². The highest BCUT2D eigenvalue weighted by Crippen LogP contribution is 2.26. The van der Waals surface area contributed by atoms with Crippen LogP contribution < -0.4 is 10.6 Å². The van der Waals surface area contributed by atoms with Crippen LogP contribution in [0.15, 0.2) is 59.1 Å². The van der Waals surface area contributed by atoms with Crippen LogP contribution in [0.4, 0.5) is 5.69 Å². The van der Waals surface area contributed by atoms with Gasteiger partial charge in [-0.2, -0.15) is 0 Å². The Morgan fingerprint density at radius 1 is 1.04 bits per heavy atom. The number of nitrogens with zero attached hydrogens (tertiary/aromatic N) is 1. The van der Waals surface area contributed by atoms with E-state index in [4.69, 9.17) is 9.26 Å². The van der Waals surface area contributed by atoms with E-state index in [-0.39, 0.29) is 5.91 Å². The molecule has 0 aliphatic rings. The molecule has 2 N–H and O–H groups in total. The molecule has 144 valence electrons. The maximum Gasteiger partial charge on any atom is 0.261 e. The zero-order valence-corrected chi connectivity index (χ0v) is 15.7. The summed E-state index contributed by atoms with van der Waals surface area (Å²) in [4.78, 5) is 25.4. The lowest BCUT2D eigenvalue weighted by Crippen LogP contribution is -2.28. The van der Waals surface area contributed by atoms with Crippen molar-refractivity contribution in [2.75, 3.05) is 25.6 Å². The van der Waals surface area contributed by atoms with Crippen LogP contribution in [0.1, 0.15) is 26.5 Å². The maximum atomic E-state index is 13.0. The molecule has 0 spiro atoms. The second-order valence-corrected chi connectivity index (χ2v) is 6.08. The van der Waals surface area contributed by atoms with Crippen molar-refractivity contribution in [1.29, 1.82) is 0 Å². The van der Waals surface area contributed by atoms with Crippen molar-refractivity contribution in [3.8, 4) is 11.3 Å². The SMILES string of the molecule is COCCNC(=O)c1ccccc1NC(=O)c1c(-c2ccccc2)noc1C. The Morgan fingerprint density at radius 2 is 1.75 bits per heavy atom. The van der Waals surface area contributed by atoms with Gasteiger partial charge in [0, 0.05) is 19.2 Å². The first-order chi connectivity index (χ1) is 13.6. The molecule has 0 saturated carbocycles. The third-order valence-electron chi connectivity index (χ3n) is 4.15. The van der Waals surface area contributed by atoms with E-state index in [0.717, 1.165) is 5.56 Å². The normalized spacial score (nSPS) is 10.5. The molecule has 0 unspecified atom stereocenters. The largest absolute Gasteiger partial charge is 0.383 e. The van der Waals surface area contributed by atoms with Crippen molar-refractivity contribution in [2.24, 2.45) is 0 Å². The van der Waals surface area contributed by atoms with Gasteiger partial charge in [-0.1, -0.05) is 47.6 Å². The monoisotopic (exact) mass is 379 g/mol. The Bertz CT molecular complexity index is 967. The average molecular weight is 379 g/mol. The van der Waals surface area contributed by atoms with Gasteiger partial charge in [0.05, 0.1) is 17.9 Å². The first kappa shape index (κ1) is 19.3. The molecule has 3 aromatic rings. The number of carbonyl (C=O) groups excluding carboxylic acids is 2. The van der Waals surface area contributed by atoms with E-state index in [0.29, 0.717) is 41.4 Å². The summed E-state index contributed by atoms with van der Waals surface area (Å²) in [5.41, 5.74) is 2.33. The third kappa shape index (κ3) is 4.27. The van der Waals surface area contributed by atoms with E-state index in [1.54, 1.807) is 38.3 Å². The van der Waals surface area contributed by atoms with E-state index in [9.17, 15) is 9.59 Å². The van der Waals surface area contributed by atoms with E-state index >= 15 is 0 Å². The summed E-state index contributed by atoms with van der Waals surface area (Å²) in [6.07, 6.45) is 0. The molecule has 0 fully saturated rings. The van der Waals surface area contributed by atoms with E-state index in [2.05, 4.69) is 15.8 Å². The van der Waals surface area contributed by atoms with Crippen LogP contribution in [0, 0.1) is 6.92 Å². The quantitative estimate of drug-likeness (QED) is 0.615. The molecule has 0 bridgehead atoms. The van der Waals surface area contributed by atoms with Gasteiger partial charge < -0.3 is 19.9 Å². The Morgan fingerprint density at radius 3 is 2.50 bits per heavy atom. The van der Waals surface area contributed by atoms with Gasteiger partial charge >= 0.3 is 0 Å². The predicted octanol–water partition coefficient (Wildman–Crippen LogP) is 3.28. The Kier molecular flexibility index (Phi) is 6.18. The van der Waals surface area contributed by atoms with Crippen LogP contribution in [-0.2, 0) is 4.74 Å². The molecule has 1 heterocycles. The first-order valence-electron chi connectivity index (χ1n) is 8.81. The number of methoxy groups -OCH3 is 1. The predicted molar refractivity (Wildman–Crippen MR) is 105 cm³/mol. The van der Waals surface area contributed by atoms with Gasteiger partial charge in [0.15, 0.2) is 0 Å². The first-order valence-corrected chi connectivity index (χ1v) is 8.81. The minimum Gasteiger partial charge on any atom is -0.383 e. The van der Waals surface area contributed by atoms with Crippen LogP contribution in [0.3, 0.4) is 0 Å². The fraction of sp³-hybridized carbons (Fsp3) is 0.190. The highest BCUT2D eigenvalue weighted by atomic mass is 16.5. The van der Waals surface area contributed by atoms with Crippen LogP contribution >= 0.6 is 0 Å². The Labute approximate surface area is 162 Å². The standard InChI is InChI=1S/C21H21N3O4/c1-14-18(19(24-28-14)15-8-4-3-5-9-15)21(26)23-17-11-7-6-10-16(17)20(25)22-12-13-27-2/h3-11H,12-13H2,1-2H3,(H,22,25)(H,23,26). The molecule has 1 aromatic heterocycles. The molecule has 28 heavy (non-hydrogen) atoms. The van der Waals surface area contributed by atoms with Gasteiger partial charge in [-0.3, -0.25) is 9.59 Å². The van der Waals surface area contributed by atoms with Crippen LogP contribution in [-0.4, -0.2) is 37.2 Å². The summed E-state index contributed by atoms with van der Waals surface area (Å²) in [5.74, 6) is -0.286. The molecular formula is C21H21N3O4. The summed E-state index contributed by atoms with van der Waals surface area (Å²) in [5, 5.41) is 9.58. The molecule has 7 heteroatoms.